The third-order valence-electron chi connectivity index (χ3n) is 2.98. The summed E-state index contributed by atoms with van der Waals surface area (Å²) in [4.78, 5) is 0. The molecule has 0 aliphatic rings. The Bertz CT molecular complexity index is 155. The summed E-state index contributed by atoms with van der Waals surface area (Å²) in [5.41, 5.74) is 0.470. The first-order valence-electron chi connectivity index (χ1n) is 6.67. The van der Waals surface area contributed by atoms with Crippen LogP contribution in [-0.4, -0.2) is 26.8 Å². The predicted molar refractivity (Wildman–Crippen MR) is 71.8 cm³/mol. The van der Waals surface area contributed by atoms with Gasteiger partial charge >= 0.3 is 0 Å². The molecule has 0 fully saturated rings. The van der Waals surface area contributed by atoms with E-state index >= 15 is 0 Å². The molecule has 0 unspecified atom stereocenters. The second-order valence-corrected chi connectivity index (χ2v) is 5.96. The molecule has 0 aromatic carbocycles. The fourth-order valence-electron chi connectivity index (χ4n) is 1.79. The zero-order valence-electron chi connectivity index (χ0n) is 11.9. The predicted octanol–water partition coefficient (Wildman–Crippen LogP) is 3.47. The maximum Gasteiger partial charge on any atom is 0.0462 e. The van der Waals surface area contributed by atoms with Crippen LogP contribution in [0.15, 0.2) is 0 Å². The van der Waals surface area contributed by atoms with Crippen LogP contribution in [0.1, 0.15) is 53.4 Å². The van der Waals surface area contributed by atoms with Gasteiger partial charge in [-0.15, -0.1) is 0 Å². The highest BCUT2D eigenvalue weighted by atomic mass is 16.5. The first-order chi connectivity index (χ1) is 7.48. The largest absolute Gasteiger partial charge is 0.385 e. The van der Waals surface area contributed by atoms with E-state index in [-0.39, 0.29) is 0 Å². The van der Waals surface area contributed by atoms with Crippen LogP contribution in [0.25, 0.3) is 0 Å². The van der Waals surface area contributed by atoms with Crippen LogP contribution in [0.3, 0.4) is 0 Å². The number of hydrogen-bond donors (Lipinski definition) is 1. The number of nitrogens with one attached hydrogen (secondary N) is 1. The Morgan fingerprint density at radius 2 is 1.81 bits per heavy atom. The lowest BCUT2D eigenvalue weighted by atomic mass is 9.84. The van der Waals surface area contributed by atoms with Crippen molar-refractivity contribution in [2.75, 3.05) is 26.8 Å². The topological polar surface area (TPSA) is 21.3 Å². The van der Waals surface area contributed by atoms with Crippen LogP contribution < -0.4 is 5.32 Å². The molecule has 0 saturated carbocycles. The molecule has 0 rings (SSSR count). The third kappa shape index (κ3) is 10.4. The first-order valence-corrected chi connectivity index (χ1v) is 6.67. The van der Waals surface area contributed by atoms with Gasteiger partial charge in [0.05, 0.1) is 0 Å². The highest BCUT2D eigenvalue weighted by Crippen LogP contribution is 2.26. The summed E-state index contributed by atoms with van der Waals surface area (Å²) < 4.78 is 5.07. The molecule has 0 aromatic rings. The fraction of sp³-hybridized carbons (Fsp3) is 1.00. The minimum atomic E-state index is 0.470. The summed E-state index contributed by atoms with van der Waals surface area (Å²) in [6.07, 6.45) is 5.05. The first kappa shape index (κ1) is 15.9. The quantitative estimate of drug-likeness (QED) is 0.579. The maximum absolute atomic E-state index is 5.07. The number of ether oxygens (including phenoxy) is 1. The van der Waals surface area contributed by atoms with E-state index in [0.29, 0.717) is 5.41 Å². The zero-order chi connectivity index (χ0) is 12.4. The summed E-state index contributed by atoms with van der Waals surface area (Å²) in [6.45, 7) is 12.4. The molecule has 0 radical (unpaired) electrons. The van der Waals surface area contributed by atoms with Crippen LogP contribution in [0.4, 0.5) is 0 Å². The van der Waals surface area contributed by atoms with Gasteiger partial charge in [-0.1, -0.05) is 34.1 Å². The highest BCUT2D eigenvalue weighted by Gasteiger charge is 2.16. The van der Waals surface area contributed by atoms with Crippen molar-refractivity contribution in [3.05, 3.63) is 0 Å². The Labute approximate surface area is 102 Å². The summed E-state index contributed by atoms with van der Waals surface area (Å²) in [5, 5.41) is 3.52. The van der Waals surface area contributed by atoms with Gasteiger partial charge in [-0.3, -0.25) is 0 Å². The monoisotopic (exact) mass is 229 g/mol. The van der Waals surface area contributed by atoms with E-state index in [1.54, 1.807) is 7.11 Å². The molecule has 16 heavy (non-hydrogen) atoms. The van der Waals surface area contributed by atoms with Crippen molar-refractivity contribution in [2.24, 2.45) is 11.3 Å². The smallest absolute Gasteiger partial charge is 0.0462 e. The second kappa shape index (κ2) is 9.00. The Balaban J connectivity index is 3.46. The lowest BCUT2D eigenvalue weighted by Gasteiger charge is -2.25. The Morgan fingerprint density at radius 1 is 1.12 bits per heavy atom. The van der Waals surface area contributed by atoms with Crippen molar-refractivity contribution in [3.8, 4) is 0 Å². The third-order valence-corrected chi connectivity index (χ3v) is 2.98. The molecule has 0 amide bonds. The molecular formula is C14H31NO. The summed E-state index contributed by atoms with van der Waals surface area (Å²) in [5.74, 6) is 0.754. The fourth-order valence-corrected chi connectivity index (χ4v) is 1.79. The van der Waals surface area contributed by atoms with Gasteiger partial charge in [-0.05, 0) is 43.7 Å². The molecule has 1 N–H and O–H groups in total. The van der Waals surface area contributed by atoms with E-state index in [4.69, 9.17) is 4.74 Å². The van der Waals surface area contributed by atoms with E-state index in [0.717, 1.165) is 25.6 Å². The molecule has 0 heterocycles. The van der Waals surface area contributed by atoms with Crippen molar-refractivity contribution in [3.63, 3.8) is 0 Å². The van der Waals surface area contributed by atoms with E-state index in [2.05, 4.69) is 33.0 Å². The standard InChI is InChI=1S/C14H31NO/c1-13(2)12-15-10-9-14(3,4)8-6-7-11-16-5/h13,15H,6-12H2,1-5H3. The summed E-state index contributed by atoms with van der Waals surface area (Å²) >= 11 is 0. The summed E-state index contributed by atoms with van der Waals surface area (Å²) in [6, 6.07) is 0. The van der Waals surface area contributed by atoms with Gasteiger partial charge in [-0.2, -0.15) is 0 Å². The average Bonchev–Trinajstić information content (AvgIpc) is 2.19. The molecule has 0 spiro atoms. The highest BCUT2D eigenvalue weighted by molar-refractivity contribution is 4.70. The van der Waals surface area contributed by atoms with Crippen molar-refractivity contribution in [2.45, 2.75) is 53.4 Å². The van der Waals surface area contributed by atoms with Crippen LogP contribution >= 0.6 is 0 Å². The van der Waals surface area contributed by atoms with E-state index in [1.807, 2.05) is 0 Å². The minimum Gasteiger partial charge on any atom is -0.385 e. The van der Waals surface area contributed by atoms with E-state index in [9.17, 15) is 0 Å². The van der Waals surface area contributed by atoms with E-state index in [1.165, 1.54) is 25.7 Å². The molecule has 0 aliphatic heterocycles. The molecule has 0 bridgehead atoms. The van der Waals surface area contributed by atoms with Crippen LogP contribution in [-0.2, 0) is 4.74 Å². The van der Waals surface area contributed by atoms with Gasteiger partial charge in [0.15, 0.2) is 0 Å². The van der Waals surface area contributed by atoms with Crippen molar-refractivity contribution in [1.82, 2.24) is 5.32 Å². The SMILES string of the molecule is COCCCCC(C)(C)CCNCC(C)C. The average molecular weight is 229 g/mol. The van der Waals surface area contributed by atoms with Gasteiger partial charge < -0.3 is 10.1 Å². The molecule has 0 aromatic heterocycles. The Hall–Kier alpha value is -0.0800. The number of unbranched alkanes of at least 4 members (excludes halogenated alkanes) is 1. The molecule has 2 heteroatoms. The molecule has 98 valence electrons. The number of methoxy groups -OCH3 is 1. The molecule has 0 saturated heterocycles. The van der Waals surface area contributed by atoms with Gasteiger partial charge in [0.2, 0.25) is 0 Å². The van der Waals surface area contributed by atoms with Crippen LogP contribution in [0.5, 0.6) is 0 Å². The Morgan fingerprint density at radius 3 is 2.38 bits per heavy atom. The Kier molecular flexibility index (Phi) is 8.96. The molecular weight excluding hydrogens is 198 g/mol. The van der Waals surface area contributed by atoms with Gasteiger partial charge in [0, 0.05) is 13.7 Å². The second-order valence-electron chi connectivity index (χ2n) is 5.96. The zero-order valence-corrected chi connectivity index (χ0v) is 11.9. The van der Waals surface area contributed by atoms with Gasteiger partial charge in [0.25, 0.3) is 0 Å². The van der Waals surface area contributed by atoms with Gasteiger partial charge in [0.1, 0.15) is 0 Å². The van der Waals surface area contributed by atoms with Gasteiger partial charge in [-0.25, -0.2) is 0 Å². The van der Waals surface area contributed by atoms with Crippen LogP contribution in [0.2, 0.25) is 0 Å². The van der Waals surface area contributed by atoms with Crippen molar-refractivity contribution >= 4 is 0 Å². The summed E-state index contributed by atoms with van der Waals surface area (Å²) in [7, 11) is 1.78. The maximum atomic E-state index is 5.07. The number of rotatable bonds is 10. The molecule has 0 atom stereocenters. The number of hydrogen-bond acceptors (Lipinski definition) is 2. The minimum absolute atomic E-state index is 0.470. The normalized spacial score (nSPS) is 12.4. The van der Waals surface area contributed by atoms with Crippen molar-refractivity contribution < 1.29 is 4.74 Å². The molecule has 0 aliphatic carbocycles. The lowest BCUT2D eigenvalue weighted by Crippen LogP contribution is -2.25. The van der Waals surface area contributed by atoms with E-state index < -0.39 is 0 Å². The van der Waals surface area contributed by atoms with Crippen LogP contribution in [0, 0.1) is 11.3 Å². The lowest BCUT2D eigenvalue weighted by molar-refractivity contribution is 0.184. The molecule has 2 nitrogen and oxygen atoms in total. The van der Waals surface area contributed by atoms with Crippen molar-refractivity contribution in [1.29, 1.82) is 0 Å².